The van der Waals surface area contributed by atoms with Crippen LogP contribution in [0.15, 0.2) is 30.3 Å². The summed E-state index contributed by atoms with van der Waals surface area (Å²) >= 11 is 0. The number of imidazole rings is 1. The largest absolute Gasteiger partial charge is 0.496 e. The molecule has 7 heteroatoms. The summed E-state index contributed by atoms with van der Waals surface area (Å²) in [6.07, 6.45) is -1.85. The van der Waals surface area contributed by atoms with Crippen molar-refractivity contribution in [3.63, 3.8) is 0 Å². The second kappa shape index (κ2) is 8.14. The van der Waals surface area contributed by atoms with Crippen LogP contribution in [0.25, 0.3) is 22.6 Å². The average molecular weight is 413 g/mol. The number of aryl methyl sites for hydroxylation is 2. The molecule has 0 spiro atoms. The van der Waals surface area contributed by atoms with E-state index in [2.05, 4.69) is 9.55 Å². The lowest BCUT2D eigenvalue weighted by Crippen LogP contribution is -2.15. The number of pyridine rings is 1. The van der Waals surface area contributed by atoms with Gasteiger partial charge in [0.05, 0.1) is 37.6 Å². The molecule has 0 fully saturated rings. The van der Waals surface area contributed by atoms with Crippen molar-refractivity contribution in [1.29, 1.82) is 0 Å². The molecule has 0 unspecified atom stereocenters. The fourth-order valence-electron chi connectivity index (χ4n) is 4.06. The molecule has 1 aromatic carbocycles. The lowest BCUT2D eigenvalue weighted by molar-refractivity contribution is 0.0666. The number of methoxy groups -OCH3 is 1. The van der Waals surface area contributed by atoms with Crippen molar-refractivity contribution in [3.8, 4) is 28.4 Å². The van der Waals surface area contributed by atoms with Gasteiger partial charge in [-0.2, -0.15) is 0 Å². The molecular weight excluding hydrogens is 388 g/mol. The van der Waals surface area contributed by atoms with Gasteiger partial charge in [0.1, 0.15) is 11.6 Å². The molecule has 0 saturated carbocycles. The van der Waals surface area contributed by atoms with Crippen LogP contribution >= 0.6 is 0 Å². The minimum Gasteiger partial charge on any atom is -0.496 e. The molecule has 3 heterocycles. The summed E-state index contributed by atoms with van der Waals surface area (Å²) in [6.45, 7) is 7.20. The summed E-state index contributed by atoms with van der Waals surface area (Å²) in [5, 5.41) is 0. The number of nitrogens with zero attached hydrogens (tertiary/aromatic N) is 3. The van der Waals surface area contributed by atoms with Crippen LogP contribution in [0.4, 0.5) is 8.78 Å². The molecule has 30 heavy (non-hydrogen) atoms. The van der Waals surface area contributed by atoms with E-state index in [0.717, 1.165) is 46.1 Å². The van der Waals surface area contributed by atoms with Crippen molar-refractivity contribution in [2.45, 2.75) is 46.3 Å². The van der Waals surface area contributed by atoms with E-state index in [1.165, 1.54) is 13.2 Å². The zero-order chi connectivity index (χ0) is 21.4. The Bertz CT molecular complexity index is 1060. The highest BCUT2D eigenvalue weighted by Gasteiger charge is 2.25. The van der Waals surface area contributed by atoms with Crippen molar-refractivity contribution < 1.29 is 18.3 Å². The zero-order valence-corrected chi connectivity index (χ0v) is 17.6. The molecule has 4 rings (SSSR count). The highest BCUT2D eigenvalue weighted by atomic mass is 19.3. The second-order valence-corrected chi connectivity index (χ2v) is 7.67. The smallest absolute Gasteiger partial charge is 0.267 e. The first kappa shape index (κ1) is 20.5. The predicted molar refractivity (Wildman–Crippen MR) is 111 cm³/mol. The fourth-order valence-corrected chi connectivity index (χ4v) is 4.06. The van der Waals surface area contributed by atoms with Crippen molar-refractivity contribution in [3.05, 3.63) is 53.0 Å². The van der Waals surface area contributed by atoms with E-state index in [0.29, 0.717) is 13.2 Å². The molecular formula is C23H25F2N3O2. The molecule has 5 nitrogen and oxygen atoms in total. The second-order valence-electron chi connectivity index (χ2n) is 7.67. The minimum atomic E-state index is -2.60. The van der Waals surface area contributed by atoms with E-state index >= 15 is 0 Å². The van der Waals surface area contributed by atoms with Gasteiger partial charge in [0.25, 0.3) is 6.43 Å². The Morgan fingerprint density at radius 1 is 1.10 bits per heavy atom. The monoisotopic (exact) mass is 413 g/mol. The first-order valence-corrected chi connectivity index (χ1v) is 10.0. The highest BCUT2D eigenvalue weighted by molar-refractivity contribution is 5.70. The molecule has 0 N–H and O–H groups in total. The van der Waals surface area contributed by atoms with Gasteiger partial charge in [-0.1, -0.05) is 6.07 Å². The highest BCUT2D eigenvalue weighted by Crippen LogP contribution is 2.36. The van der Waals surface area contributed by atoms with Crippen LogP contribution in [-0.2, 0) is 17.7 Å². The Hall–Kier alpha value is -2.80. The molecule has 0 amide bonds. The van der Waals surface area contributed by atoms with Crippen LogP contribution in [0.2, 0.25) is 0 Å². The number of hydrogen-bond acceptors (Lipinski definition) is 4. The maximum Gasteiger partial charge on any atom is 0.267 e. The summed E-state index contributed by atoms with van der Waals surface area (Å²) < 4.78 is 39.9. The third kappa shape index (κ3) is 3.81. The predicted octanol–water partition coefficient (Wildman–Crippen LogP) is 5.14. The normalized spacial score (nSPS) is 16.4. The molecule has 2 aromatic heterocycles. The number of rotatable bonds is 4. The molecule has 3 aromatic rings. The lowest BCUT2D eigenvalue weighted by atomic mass is 10.1. The number of halogens is 2. The van der Waals surface area contributed by atoms with Gasteiger partial charge in [-0.05, 0) is 45.0 Å². The van der Waals surface area contributed by atoms with E-state index in [9.17, 15) is 8.78 Å². The molecule has 158 valence electrons. The van der Waals surface area contributed by atoms with Gasteiger partial charge in [-0.3, -0.25) is 4.98 Å². The van der Waals surface area contributed by atoms with E-state index < -0.39 is 6.43 Å². The first-order chi connectivity index (χ1) is 14.4. The maximum atomic E-state index is 13.3. The van der Waals surface area contributed by atoms with Crippen molar-refractivity contribution in [2.75, 3.05) is 13.7 Å². The molecule has 0 aliphatic carbocycles. The summed E-state index contributed by atoms with van der Waals surface area (Å²) in [5.74, 6) is 0.888. The summed E-state index contributed by atoms with van der Waals surface area (Å²) in [7, 11) is 1.40. The van der Waals surface area contributed by atoms with Crippen LogP contribution in [-0.4, -0.2) is 34.4 Å². The topological polar surface area (TPSA) is 49.2 Å². The van der Waals surface area contributed by atoms with Gasteiger partial charge in [-0.15, -0.1) is 0 Å². The molecule has 0 bridgehead atoms. The number of aromatic nitrogens is 3. The molecule has 0 radical (unpaired) electrons. The number of benzene rings is 1. The number of alkyl halides is 2. The Morgan fingerprint density at radius 2 is 1.83 bits per heavy atom. The summed E-state index contributed by atoms with van der Waals surface area (Å²) in [4.78, 5) is 9.45. The van der Waals surface area contributed by atoms with Crippen LogP contribution in [0.3, 0.4) is 0 Å². The lowest BCUT2D eigenvalue weighted by Gasteiger charge is -2.14. The van der Waals surface area contributed by atoms with Crippen molar-refractivity contribution in [1.82, 2.24) is 14.5 Å². The van der Waals surface area contributed by atoms with E-state index in [1.807, 2.05) is 32.9 Å². The van der Waals surface area contributed by atoms with Gasteiger partial charge in [0, 0.05) is 34.6 Å². The molecule has 1 aliphatic heterocycles. The summed E-state index contributed by atoms with van der Waals surface area (Å²) in [6, 6.07) is 8.78. The van der Waals surface area contributed by atoms with Crippen molar-refractivity contribution >= 4 is 0 Å². The summed E-state index contributed by atoms with van der Waals surface area (Å²) in [5.41, 5.74) is 5.43. The Labute approximate surface area is 174 Å². The van der Waals surface area contributed by atoms with Crippen LogP contribution in [0, 0.1) is 13.8 Å². The average Bonchev–Trinajstić information content (AvgIpc) is 2.93. The van der Waals surface area contributed by atoms with Gasteiger partial charge in [0.2, 0.25) is 0 Å². The number of hydrogen-bond donors (Lipinski definition) is 0. The Kier molecular flexibility index (Phi) is 5.56. The first-order valence-electron chi connectivity index (χ1n) is 10.0. The standard InChI is InChI=1S/C23H25F2N3O2/c1-13-9-17(10-14(2)26-13)21-19-7-8-30-15(3)12-28(19)23(27-21)16-5-6-18(22(24)25)20(11-16)29-4/h5-6,9-11,15,22H,7-8,12H2,1-4H3/t15-/m1/s1. The SMILES string of the molecule is COc1cc(-c2nc(-c3cc(C)nc(C)c3)c3n2C[C@@H](C)OCC3)ccc1C(F)F. The molecule has 0 saturated heterocycles. The van der Waals surface area contributed by atoms with Crippen LogP contribution < -0.4 is 4.74 Å². The maximum absolute atomic E-state index is 13.3. The molecule has 1 atom stereocenters. The molecule has 1 aliphatic rings. The fraction of sp³-hybridized carbons (Fsp3) is 0.391. The van der Waals surface area contributed by atoms with Gasteiger partial charge in [0.15, 0.2) is 0 Å². The van der Waals surface area contributed by atoms with Crippen molar-refractivity contribution in [2.24, 2.45) is 0 Å². The van der Waals surface area contributed by atoms with E-state index in [-0.39, 0.29) is 17.4 Å². The third-order valence-corrected chi connectivity index (χ3v) is 5.34. The zero-order valence-electron chi connectivity index (χ0n) is 17.6. The number of fused-ring (bicyclic) bond motifs is 1. The van der Waals surface area contributed by atoms with Crippen LogP contribution in [0.1, 0.15) is 36.0 Å². The van der Waals surface area contributed by atoms with Gasteiger partial charge < -0.3 is 14.0 Å². The Morgan fingerprint density at radius 3 is 2.50 bits per heavy atom. The quantitative estimate of drug-likeness (QED) is 0.595. The van der Waals surface area contributed by atoms with Crippen LogP contribution in [0.5, 0.6) is 5.75 Å². The van der Waals surface area contributed by atoms with E-state index in [4.69, 9.17) is 14.5 Å². The Balaban J connectivity index is 1.91. The minimum absolute atomic E-state index is 0.0233. The third-order valence-electron chi connectivity index (χ3n) is 5.34. The van der Waals surface area contributed by atoms with Gasteiger partial charge in [-0.25, -0.2) is 13.8 Å². The number of ether oxygens (including phenoxy) is 2. The van der Waals surface area contributed by atoms with E-state index in [1.54, 1.807) is 12.1 Å². The van der Waals surface area contributed by atoms with Gasteiger partial charge >= 0.3 is 0 Å².